The summed E-state index contributed by atoms with van der Waals surface area (Å²) < 4.78 is 0. The van der Waals surface area contributed by atoms with E-state index >= 15 is 0 Å². The molecule has 21 heavy (non-hydrogen) atoms. The normalized spacial score (nSPS) is 15.1. The van der Waals surface area contributed by atoms with Gasteiger partial charge in [-0.1, -0.05) is 13.0 Å². The molecule has 110 valence electrons. The zero-order valence-corrected chi connectivity index (χ0v) is 13.7. The second-order valence-corrected chi connectivity index (χ2v) is 6.76. The van der Waals surface area contributed by atoms with Crippen molar-refractivity contribution in [3.63, 3.8) is 0 Å². The molecule has 1 aliphatic heterocycles. The third-order valence-corrected chi connectivity index (χ3v) is 5.05. The van der Waals surface area contributed by atoms with Crippen molar-refractivity contribution in [1.82, 2.24) is 4.98 Å². The second-order valence-electron chi connectivity index (χ2n) is 5.39. The Morgan fingerprint density at radius 3 is 3.00 bits per heavy atom. The number of benzene rings is 1. The van der Waals surface area contributed by atoms with Crippen molar-refractivity contribution in [2.75, 3.05) is 17.3 Å². The zero-order chi connectivity index (χ0) is 15.0. The lowest BCUT2D eigenvalue weighted by Gasteiger charge is -2.20. The number of halogens is 1. The van der Waals surface area contributed by atoms with Gasteiger partial charge in [0.25, 0.3) is 0 Å². The Bertz CT molecular complexity index is 683. The maximum Gasteiger partial charge on any atom is 0.231 e. The smallest absolute Gasteiger partial charge is 0.231 e. The van der Waals surface area contributed by atoms with E-state index in [-0.39, 0.29) is 11.8 Å². The van der Waals surface area contributed by atoms with Crippen LogP contribution in [-0.2, 0) is 11.2 Å². The van der Waals surface area contributed by atoms with Gasteiger partial charge in [-0.3, -0.25) is 4.79 Å². The summed E-state index contributed by atoms with van der Waals surface area (Å²) in [5.41, 5.74) is 4.37. The number of aryl methyl sites for hydroxylation is 1. The Hall–Kier alpha value is -1.39. The van der Waals surface area contributed by atoms with Gasteiger partial charge in [0.2, 0.25) is 5.91 Å². The third-order valence-electron chi connectivity index (χ3n) is 3.81. The van der Waals surface area contributed by atoms with Crippen molar-refractivity contribution in [3.8, 4) is 11.3 Å². The molecule has 0 saturated carbocycles. The first-order valence-corrected chi connectivity index (χ1v) is 8.44. The molecule has 0 saturated heterocycles. The predicted octanol–water partition coefficient (Wildman–Crippen LogP) is 3.88. The molecule has 0 spiro atoms. The van der Waals surface area contributed by atoms with Crippen molar-refractivity contribution >= 4 is 34.5 Å². The van der Waals surface area contributed by atoms with E-state index in [0.29, 0.717) is 5.88 Å². The number of anilines is 1. The van der Waals surface area contributed by atoms with Crippen LogP contribution in [-0.4, -0.2) is 23.3 Å². The van der Waals surface area contributed by atoms with E-state index in [1.807, 2.05) is 30.9 Å². The van der Waals surface area contributed by atoms with Gasteiger partial charge in [0.15, 0.2) is 0 Å². The maximum absolute atomic E-state index is 12.3. The lowest BCUT2D eigenvalue weighted by molar-refractivity contribution is -0.121. The Labute approximate surface area is 133 Å². The fourth-order valence-corrected chi connectivity index (χ4v) is 3.37. The minimum Gasteiger partial charge on any atom is -0.312 e. The minimum absolute atomic E-state index is 0.112. The number of nitrogens with zero attached hydrogens (tertiary/aromatic N) is 2. The van der Waals surface area contributed by atoms with Crippen LogP contribution >= 0.6 is 22.9 Å². The fourth-order valence-electron chi connectivity index (χ4n) is 2.62. The highest BCUT2D eigenvalue weighted by Crippen LogP contribution is 2.33. The lowest BCUT2D eigenvalue weighted by Crippen LogP contribution is -2.34. The molecule has 1 atom stereocenters. The first kappa shape index (κ1) is 14.5. The molecule has 2 heterocycles. The number of hydrogen-bond acceptors (Lipinski definition) is 3. The average molecular weight is 321 g/mol. The predicted molar refractivity (Wildman–Crippen MR) is 88.2 cm³/mol. The number of fused-ring (bicyclic) bond motifs is 1. The number of carbonyl (C=O) groups is 1. The van der Waals surface area contributed by atoms with Crippen LogP contribution in [0, 0.1) is 12.8 Å². The van der Waals surface area contributed by atoms with Crippen LogP contribution in [0.4, 0.5) is 5.69 Å². The standard InChI is InChI=1S/C16H17ClN2OS/c1-10(8-17)16(20)19-6-5-13-7-12(3-4-15(13)19)14-9-21-11(2)18-14/h3-4,7,9-10H,5-6,8H2,1-2H3. The minimum atomic E-state index is -0.140. The fraction of sp³-hybridized carbons (Fsp3) is 0.375. The summed E-state index contributed by atoms with van der Waals surface area (Å²) in [4.78, 5) is 18.7. The lowest BCUT2D eigenvalue weighted by atomic mass is 10.1. The molecule has 1 aliphatic rings. The van der Waals surface area contributed by atoms with Crippen LogP contribution in [0.15, 0.2) is 23.6 Å². The maximum atomic E-state index is 12.3. The summed E-state index contributed by atoms with van der Waals surface area (Å²) in [6.45, 7) is 4.63. The highest BCUT2D eigenvalue weighted by Gasteiger charge is 2.27. The van der Waals surface area contributed by atoms with E-state index in [1.54, 1.807) is 11.3 Å². The summed E-state index contributed by atoms with van der Waals surface area (Å²) in [5, 5.41) is 3.14. The number of carbonyl (C=O) groups excluding carboxylic acids is 1. The van der Waals surface area contributed by atoms with Gasteiger partial charge in [-0.05, 0) is 31.0 Å². The van der Waals surface area contributed by atoms with E-state index < -0.39 is 0 Å². The Balaban J connectivity index is 1.90. The molecule has 0 aliphatic carbocycles. The van der Waals surface area contributed by atoms with Crippen molar-refractivity contribution in [2.45, 2.75) is 20.3 Å². The van der Waals surface area contributed by atoms with Gasteiger partial charge in [-0.15, -0.1) is 22.9 Å². The molecule has 0 fully saturated rings. The summed E-state index contributed by atoms with van der Waals surface area (Å²) in [5.74, 6) is 0.334. The van der Waals surface area contributed by atoms with Gasteiger partial charge < -0.3 is 4.90 Å². The number of hydrogen-bond donors (Lipinski definition) is 0. The summed E-state index contributed by atoms with van der Waals surface area (Å²) in [7, 11) is 0. The van der Waals surface area contributed by atoms with E-state index in [2.05, 4.69) is 16.4 Å². The first-order valence-electron chi connectivity index (χ1n) is 7.03. The van der Waals surface area contributed by atoms with Gasteiger partial charge >= 0.3 is 0 Å². The van der Waals surface area contributed by atoms with Crippen LogP contribution in [0.2, 0.25) is 0 Å². The third kappa shape index (κ3) is 2.70. The number of amides is 1. The number of rotatable bonds is 3. The topological polar surface area (TPSA) is 33.2 Å². The summed E-state index contributed by atoms with van der Waals surface area (Å²) in [6, 6.07) is 6.23. The molecule has 2 aromatic rings. The molecule has 1 aromatic carbocycles. The first-order chi connectivity index (χ1) is 10.1. The average Bonchev–Trinajstić information content (AvgIpc) is 3.11. The van der Waals surface area contributed by atoms with Gasteiger partial charge in [0.1, 0.15) is 0 Å². The van der Waals surface area contributed by atoms with Crippen LogP contribution in [0.1, 0.15) is 17.5 Å². The Morgan fingerprint density at radius 2 is 2.33 bits per heavy atom. The number of alkyl halides is 1. The van der Waals surface area contributed by atoms with Gasteiger partial charge in [0.05, 0.1) is 10.7 Å². The molecule has 0 radical (unpaired) electrons. The van der Waals surface area contributed by atoms with E-state index in [9.17, 15) is 4.79 Å². The molecule has 0 bridgehead atoms. The number of thiazole rings is 1. The Kier molecular flexibility index (Phi) is 4.00. The van der Waals surface area contributed by atoms with E-state index in [1.165, 1.54) is 5.56 Å². The quantitative estimate of drug-likeness (QED) is 0.804. The highest BCUT2D eigenvalue weighted by molar-refractivity contribution is 7.09. The van der Waals surface area contributed by atoms with Crippen molar-refractivity contribution in [3.05, 3.63) is 34.2 Å². The molecule has 1 unspecified atom stereocenters. The Morgan fingerprint density at radius 1 is 1.52 bits per heavy atom. The molecular formula is C16H17ClN2OS. The van der Waals surface area contributed by atoms with Crippen LogP contribution < -0.4 is 4.90 Å². The van der Waals surface area contributed by atoms with Crippen molar-refractivity contribution in [1.29, 1.82) is 0 Å². The van der Waals surface area contributed by atoms with Gasteiger partial charge in [-0.25, -0.2) is 4.98 Å². The van der Waals surface area contributed by atoms with Crippen LogP contribution in [0.25, 0.3) is 11.3 Å². The monoisotopic (exact) mass is 320 g/mol. The second kappa shape index (κ2) is 5.78. The van der Waals surface area contributed by atoms with Gasteiger partial charge in [-0.2, -0.15) is 0 Å². The highest BCUT2D eigenvalue weighted by atomic mass is 35.5. The van der Waals surface area contributed by atoms with E-state index in [4.69, 9.17) is 11.6 Å². The molecule has 1 amide bonds. The molecule has 3 rings (SSSR count). The molecule has 5 heteroatoms. The van der Waals surface area contributed by atoms with Crippen molar-refractivity contribution in [2.24, 2.45) is 5.92 Å². The summed E-state index contributed by atoms with van der Waals surface area (Å²) >= 11 is 7.46. The van der Waals surface area contributed by atoms with E-state index in [0.717, 1.165) is 34.9 Å². The molecule has 1 aromatic heterocycles. The molecule has 3 nitrogen and oxygen atoms in total. The summed E-state index contributed by atoms with van der Waals surface area (Å²) in [6.07, 6.45) is 0.896. The number of aromatic nitrogens is 1. The molecular weight excluding hydrogens is 304 g/mol. The largest absolute Gasteiger partial charge is 0.312 e. The van der Waals surface area contributed by atoms with Crippen LogP contribution in [0.3, 0.4) is 0 Å². The van der Waals surface area contributed by atoms with Gasteiger partial charge in [0, 0.05) is 35.0 Å². The van der Waals surface area contributed by atoms with Crippen LogP contribution in [0.5, 0.6) is 0 Å². The zero-order valence-electron chi connectivity index (χ0n) is 12.1. The molecule has 0 N–H and O–H groups in total. The SMILES string of the molecule is Cc1nc(-c2ccc3c(c2)CCN3C(=O)C(C)CCl)cs1. The van der Waals surface area contributed by atoms with Crippen molar-refractivity contribution < 1.29 is 4.79 Å².